The molecule has 0 spiro atoms. The maximum Gasteiger partial charge on any atom is 0.293 e. The highest BCUT2D eigenvalue weighted by atomic mass is 35.5. The topological polar surface area (TPSA) is 134 Å². The van der Waals surface area contributed by atoms with Crippen molar-refractivity contribution in [2.24, 2.45) is 11.3 Å². The maximum absolute atomic E-state index is 13.2. The van der Waals surface area contributed by atoms with Crippen LogP contribution in [0.2, 0.25) is 5.02 Å². The average Bonchev–Trinajstić information content (AvgIpc) is 3.12. The van der Waals surface area contributed by atoms with Gasteiger partial charge < -0.3 is 15.0 Å². The normalized spacial score (nSPS) is 18.7. The minimum Gasteiger partial charge on any atom is -0.381 e. The molecule has 0 bridgehead atoms. The third kappa shape index (κ3) is 9.33. The van der Waals surface area contributed by atoms with E-state index in [1.165, 1.54) is 35.3 Å². The molecule has 2 saturated heterocycles. The van der Waals surface area contributed by atoms with Gasteiger partial charge in [0.1, 0.15) is 5.69 Å². The Labute approximate surface area is 313 Å². The summed E-state index contributed by atoms with van der Waals surface area (Å²) in [6, 6.07) is 17.1. The fraction of sp³-hybridized carbons (Fsp3) is 0.447. The maximum atomic E-state index is 13.2. The summed E-state index contributed by atoms with van der Waals surface area (Å²) in [6.07, 6.45) is 4.98. The summed E-state index contributed by atoms with van der Waals surface area (Å²) < 4.78 is 33.9. The van der Waals surface area contributed by atoms with E-state index in [0.29, 0.717) is 31.0 Å². The van der Waals surface area contributed by atoms with Crippen LogP contribution in [0.15, 0.2) is 71.1 Å². The monoisotopic (exact) mass is 767 g/mol. The van der Waals surface area contributed by atoms with E-state index in [1.807, 2.05) is 24.3 Å². The Hall–Kier alpha value is -3.54. The molecule has 278 valence electrons. The van der Waals surface area contributed by atoms with Gasteiger partial charge in [0.25, 0.3) is 21.6 Å². The highest BCUT2D eigenvalue weighted by molar-refractivity contribution is 7.90. The van der Waals surface area contributed by atoms with Crippen molar-refractivity contribution >= 4 is 64.7 Å². The Morgan fingerprint density at radius 3 is 2.42 bits per heavy atom. The van der Waals surface area contributed by atoms with Crippen LogP contribution in [0.25, 0.3) is 5.57 Å². The second-order valence-corrected chi connectivity index (χ2v) is 17.5. The van der Waals surface area contributed by atoms with Crippen molar-refractivity contribution in [3.05, 3.63) is 92.5 Å². The number of carbonyl (C=O) groups is 1. The number of allylic oxidation sites excluding steroid dienone is 1. The second kappa shape index (κ2) is 16.2. The first-order valence-electron chi connectivity index (χ1n) is 17.8. The first kappa shape index (κ1) is 38.2. The van der Waals surface area contributed by atoms with Crippen LogP contribution in [0.3, 0.4) is 0 Å². The van der Waals surface area contributed by atoms with Crippen molar-refractivity contribution in [2.45, 2.75) is 50.8 Å². The number of halogens is 1. The fourth-order valence-corrected chi connectivity index (χ4v) is 8.78. The van der Waals surface area contributed by atoms with Crippen LogP contribution in [0.5, 0.6) is 0 Å². The summed E-state index contributed by atoms with van der Waals surface area (Å²) >= 11 is 6.19. The van der Waals surface area contributed by atoms with E-state index >= 15 is 0 Å². The van der Waals surface area contributed by atoms with Gasteiger partial charge in [0.05, 0.1) is 9.82 Å². The molecule has 3 aromatic rings. The number of piperazine rings is 1. The number of benzene rings is 3. The molecule has 1 amide bonds. The Kier molecular flexibility index (Phi) is 11.9. The zero-order valence-corrected chi connectivity index (χ0v) is 32.4. The average molecular weight is 768 g/mol. The first-order valence-corrected chi connectivity index (χ1v) is 20.2. The highest BCUT2D eigenvalue weighted by Crippen LogP contribution is 2.43. The van der Waals surface area contributed by atoms with Gasteiger partial charge in [0, 0.05) is 74.8 Å². The molecule has 52 heavy (non-hydrogen) atoms. The van der Waals surface area contributed by atoms with Crippen LogP contribution < -0.4 is 20.2 Å². The molecule has 1 atom stereocenters. The van der Waals surface area contributed by atoms with Crippen molar-refractivity contribution in [2.75, 3.05) is 62.7 Å². The Morgan fingerprint density at radius 2 is 1.75 bits per heavy atom. The Balaban J connectivity index is 1.07. The van der Waals surface area contributed by atoms with Crippen LogP contribution in [0.4, 0.5) is 17.1 Å². The van der Waals surface area contributed by atoms with Crippen LogP contribution in [-0.4, -0.2) is 76.6 Å². The standard InChI is InChI=1S/C38H47ClN5O6PS/c1-38(2)14-11-28(33(23-38)27-3-5-29(39)6-4-27)25-42-15-17-43(18-16-42)30-7-9-32(36(51)21-30)37(45)41-52(48,49)31-8-10-34(35(22-31)44(46)47)40-24-26-12-19-50-20-13-26/h3-10,21-22,26,40H,11-20,23-25,51H2,1-2H3,(H,41,45). The summed E-state index contributed by atoms with van der Waals surface area (Å²) in [7, 11) is -1.86. The van der Waals surface area contributed by atoms with Crippen molar-refractivity contribution in [1.82, 2.24) is 9.62 Å². The number of amides is 1. The van der Waals surface area contributed by atoms with E-state index in [-0.39, 0.29) is 27.2 Å². The molecule has 14 heteroatoms. The molecule has 6 rings (SSSR count). The van der Waals surface area contributed by atoms with Crippen LogP contribution >= 0.6 is 20.8 Å². The number of hydrogen-bond donors (Lipinski definition) is 2. The molecule has 2 N–H and O–H groups in total. The van der Waals surface area contributed by atoms with Crippen LogP contribution in [-0.2, 0) is 14.8 Å². The van der Waals surface area contributed by atoms with Gasteiger partial charge in [-0.2, -0.15) is 0 Å². The van der Waals surface area contributed by atoms with Gasteiger partial charge in [0.15, 0.2) is 0 Å². The molecule has 1 unspecified atom stereocenters. The molecule has 1 aliphatic carbocycles. The summed E-state index contributed by atoms with van der Waals surface area (Å²) in [5.74, 6) is -0.508. The number of sulfonamides is 1. The third-order valence-electron chi connectivity index (χ3n) is 10.4. The van der Waals surface area contributed by atoms with Gasteiger partial charge >= 0.3 is 0 Å². The predicted octanol–water partition coefficient (Wildman–Crippen LogP) is 6.49. The van der Waals surface area contributed by atoms with Gasteiger partial charge in [-0.25, -0.2) is 13.1 Å². The van der Waals surface area contributed by atoms with Crippen LogP contribution in [0, 0.1) is 21.4 Å². The first-order chi connectivity index (χ1) is 24.8. The number of nitrogens with one attached hydrogen (secondary N) is 2. The largest absolute Gasteiger partial charge is 0.381 e. The summed E-state index contributed by atoms with van der Waals surface area (Å²) in [5.41, 5.74) is 5.43. The molecule has 3 aliphatic rings. The molecule has 2 heterocycles. The number of nitrogens with zero attached hydrogens (tertiary/aromatic N) is 3. The summed E-state index contributed by atoms with van der Waals surface area (Å²) in [4.78, 5) is 28.9. The minimum absolute atomic E-state index is 0.182. The molecular formula is C38H47ClN5O6PS. The minimum atomic E-state index is -4.40. The molecule has 2 fully saturated rings. The number of hydrogen-bond acceptors (Lipinski definition) is 9. The zero-order chi connectivity index (χ0) is 37.0. The lowest BCUT2D eigenvalue weighted by molar-refractivity contribution is -0.384. The molecule has 2 aliphatic heterocycles. The van der Waals surface area contributed by atoms with E-state index in [4.69, 9.17) is 16.3 Å². The number of ether oxygens (including phenoxy) is 1. The number of anilines is 2. The predicted molar refractivity (Wildman–Crippen MR) is 210 cm³/mol. The van der Waals surface area contributed by atoms with Crippen molar-refractivity contribution in [3.63, 3.8) is 0 Å². The molecule has 11 nitrogen and oxygen atoms in total. The van der Waals surface area contributed by atoms with Crippen molar-refractivity contribution < 1.29 is 22.9 Å². The van der Waals surface area contributed by atoms with E-state index in [9.17, 15) is 23.3 Å². The molecule has 0 aromatic heterocycles. The Morgan fingerprint density at radius 1 is 1.04 bits per heavy atom. The summed E-state index contributed by atoms with van der Waals surface area (Å²) in [6.45, 7) is 10.8. The van der Waals surface area contributed by atoms with Gasteiger partial charge in [-0.3, -0.25) is 19.8 Å². The lowest BCUT2D eigenvalue weighted by Gasteiger charge is -2.39. The number of nitro groups is 1. The summed E-state index contributed by atoms with van der Waals surface area (Å²) in [5, 5.41) is 16.2. The van der Waals surface area contributed by atoms with Gasteiger partial charge in [0.2, 0.25) is 0 Å². The number of carbonyl (C=O) groups excluding carboxylic acids is 1. The van der Waals surface area contributed by atoms with E-state index < -0.39 is 20.9 Å². The SMILES string of the molecule is CC1(C)CCC(CN2CCN(c3ccc(C(=O)NS(=O)(=O)c4ccc(NCC5CCOCC5)c([N+](=O)[O-])c4)c(P)c3)CC2)=C(c2ccc(Cl)cc2)C1. The van der Waals surface area contributed by atoms with E-state index in [2.05, 4.69) is 55.1 Å². The molecular weight excluding hydrogens is 721 g/mol. The lowest BCUT2D eigenvalue weighted by atomic mass is 9.72. The molecule has 0 radical (unpaired) electrons. The molecule has 3 aromatic carbocycles. The van der Waals surface area contributed by atoms with E-state index in [1.54, 1.807) is 6.07 Å². The highest BCUT2D eigenvalue weighted by Gasteiger charge is 2.30. The number of nitro benzene ring substituents is 1. The second-order valence-electron chi connectivity index (χ2n) is 14.8. The number of rotatable bonds is 11. The Bertz CT molecular complexity index is 1940. The van der Waals surface area contributed by atoms with Gasteiger partial charge in [-0.15, -0.1) is 9.24 Å². The fourth-order valence-electron chi connectivity index (χ4n) is 7.27. The van der Waals surface area contributed by atoms with Gasteiger partial charge in [-0.05, 0) is 102 Å². The quantitative estimate of drug-likeness (QED) is 0.128. The van der Waals surface area contributed by atoms with Gasteiger partial charge in [-0.1, -0.05) is 43.2 Å². The van der Waals surface area contributed by atoms with E-state index in [0.717, 1.165) is 75.2 Å². The van der Waals surface area contributed by atoms with Crippen molar-refractivity contribution in [3.8, 4) is 0 Å². The molecule has 0 saturated carbocycles. The third-order valence-corrected chi connectivity index (χ3v) is 12.5. The lowest BCUT2D eigenvalue weighted by Crippen LogP contribution is -2.47. The zero-order valence-electron chi connectivity index (χ0n) is 29.7. The van der Waals surface area contributed by atoms with Crippen LogP contribution in [0.1, 0.15) is 61.9 Å². The smallest absolute Gasteiger partial charge is 0.293 e. The van der Waals surface area contributed by atoms with Crippen molar-refractivity contribution in [1.29, 1.82) is 0 Å².